The van der Waals surface area contributed by atoms with E-state index in [2.05, 4.69) is 46.9 Å². The van der Waals surface area contributed by atoms with Crippen molar-refractivity contribution < 1.29 is 9.53 Å². The van der Waals surface area contributed by atoms with Crippen molar-refractivity contribution in [2.75, 3.05) is 17.1 Å². The summed E-state index contributed by atoms with van der Waals surface area (Å²) in [6.45, 7) is 2.15. The number of carbonyl (C=O) groups is 1. The number of esters is 1. The lowest BCUT2D eigenvalue weighted by Gasteiger charge is -2.26. The Hall–Kier alpha value is -2.95. The fourth-order valence-electron chi connectivity index (χ4n) is 3.12. The monoisotopic (exact) mass is 316 g/mol. The van der Waals surface area contributed by atoms with E-state index < -0.39 is 0 Å². The molecule has 3 aromatic carbocycles. The number of ether oxygens (including phenoxy) is 1. The molecular formula is C19H17BN2O2. The molecule has 0 aliphatic carbocycles. The molecule has 4 rings (SSSR count). The minimum atomic E-state index is -0.288. The van der Waals surface area contributed by atoms with Crippen LogP contribution in [0.3, 0.4) is 0 Å². The first-order chi connectivity index (χ1) is 11.8. The molecule has 2 N–H and O–H groups in total. The molecule has 0 spiro atoms. The number of rotatable bonds is 3. The highest BCUT2D eigenvalue weighted by Gasteiger charge is 2.25. The Kier molecular flexibility index (Phi) is 3.61. The molecule has 0 saturated heterocycles. The standard InChI is InChI=1S/C19H17BN2O2/c1-2-24-19(23)14-9-11-15(12-10-14)20-21-16-7-3-5-13-6-4-8-17(22-20)18(13)16/h3-12,21-22H,2H2,1H3. The maximum absolute atomic E-state index is 11.8. The van der Waals surface area contributed by atoms with E-state index in [0.29, 0.717) is 12.2 Å². The van der Waals surface area contributed by atoms with Crippen LogP contribution < -0.4 is 15.9 Å². The molecule has 24 heavy (non-hydrogen) atoms. The average molecular weight is 316 g/mol. The normalized spacial score (nSPS) is 12.5. The van der Waals surface area contributed by atoms with Gasteiger partial charge in [0.1, 0.15) is 0 Å². The molecule has 1 aliphatic heterocycles. The second kappa shape index (κ2) is 5.93. The highest BCUT2D eigenvalue weighted by molar-refractivity contribution is 6.80. The zero-order valence-corrected chi connectivity index (χ0v) is 13.4. The molecular weight excluding hydrogens is 299 g/mol. The van der Waals surface area contributed by atoms with Crippen molar-refractivity contribution in [1.82, 2.24) is 0 Å². The van der Waals surface area contributed by atoms with E-state index in [-0.39, 0.29) is 13.0 Å². The number of hydrogen-bond acceptors (Lipinski definition) is 4. The smallest absolute Gasteiger partial charge is 0.406 e. The van der Waals surface area contributed by atoms with Gasteiger partial charge in [0.15, 0.2) is 0 Å². The SMILES string of the molecule is CCOC(=O)c1ccc(B2Nc3cccc4cccc(c34)N2)cc1. The van der Waals surface area contributed by atoms with Gasteiger partial charge in [0, 0.05) is 16.8 Å². The lowest BCUT2D eigenvalue weighted by molar-refractivity contribution is 0.0526. The molecule has 118 valence electrons. The Morgan fingerprint density at radius 1 is 0.958 bits per heavy atom. The molecule has 1 aliphatic rings. The van der Waals surface area contributed by atoms with Gasteiger partial charge in [0.2, 0.25) is 0 Å². The Morgan fingerprint density at radius 2 is 1.58 bits per heavy atom. The lowest BCUT2D eigenvalue weighted by Crippen LogP contribution is -2.47. The van der Waals surface area contributed by atoms with Gasteiger partial charge in [-0.3, -0.25) is 0 Å². The number of hydrogen-bond donors (Lipinski definition) is 2. The van der Waals surface area contributed by atoms with Gasteiger partial charge in [0.25, 0.3) is 0 Å². The molecule has 4 nitrogen and oxygen atoms in total. The Morgan fingerprint density at radius 3 is 2.17 bits per heavy atom. The molecule has 0 radical (unpaired) electrons. The van der Waals surface area contributed by atoms with Crippen LogP contribution in [0.2, 0.25) is 0 Å². The van der Waals surface area contributed by atoms with E-state index in [1.165, 1.54) is 10.8 Å². The van der Waals surface area contributed by atoms with Crippen LogP contribution in [-0.2, 0) is 4.74 Å². The van der Waals surface area contributed by atoms with E-state index >= 15 is 0 Å². The van der Waals surface area contributed by atoms with Gasteiger partial charge in [-0.25, -0.2) is 4.79 Å². The van der Waals surface area contributed by atoms with E-state index in [1.54, 1.807) is 19.1 Å². The molecule has 1 heterocycles. The Balaban J connectivity index is 1.64. The number of carbonyl (C=O) groups excluding carboxylic acids is 1. The Labute approximate surface area is 141 Å². The third-order valence-corrected chi connectivity index (χ3v) is 4.26. The first-order valence-corrected chi connectivity index (χ1v) is 8.08. The summed E-state index contributed by atoms with van der Waals surface area (Å²) >= 11 is 0. The molecule has 0 atom stereocenters. The van der Waals surface area contributed by atoms with Crippen molar-refractivity contribution in [3.05, 3.63) is 66.2 Å². The van der Waals surface area contributed by atoms with Crippen molar-refractivity contribution >= 4 is 40.6 Å². The highest BCUT2D eigenvalue weighted by atomic mass is 16.5. The molecule has 0 amide bonds. The van der Waals surface area contributed by atoms with Crippen molar-refractivity contribution in [3.8, 4) is 0 Å². The topological polar surface area (TPSA) is 50.4 Å². The van der Waals surface area contributed by atoms with Crippen LogP contribution in [-0.4, -0.2) is 19.6 Å². The summed E-state index contributed by atoms with van der Waals surface area (Å²) in [7, 11) is 0. The maximum Gasteiger partial charge on any atom is 0.406 e. The molecule has 5 heteroatoms. The summed E-state index contributed by atoms with van der Waals surface area (Å²) in [4.78, 5) is 11.8. The second-order valence-electron chi connectivity index (χ2n) is 5.77. The third kappa shape index (κ3) is 2.48. The van der Waals surface area contributed by atoms with Crippen molar-refractivity contribution in [1.29, 1.82) is 0 Å². The zero-order chi connectivity index (χ0) is 16.5. The summed E-state index contributed by atoms with van der Waals surface area (Å²) in [5, 5.41) is 9.47. The van der Waals surface area contributed by atoms with Gasteiger partial charge in [0.05, 0.1) is 12.2 Å². The van der Waals surface area contributed by atoms with Crippen molar-refractivity contribution in [2.24, 2.45) is 0 Å². The second-order valence-corrected chi connectivity index (χ2v) is 5.77. The van der Waals surface area contributed by atoms with Crippen LogP contribution in [0.1, 0.15) is 17.3 Å². The molecule has 0 unspecified atom stereocenters. The number of benzene rings is 3. The molecule has 0 aromatic heterocycles. The van der Waals surface area contributed by atoms with Crippen molar-refractivity contribution in [3.63, 3.8) is 0 Å². The predicted molar refractivity (Wildman–Crippen MR) is 99.0 cm³/mol. The van der Waals surface area contributed by atoms with Gasteiger partial charge in [-0.15, -0.1) is 0 Å². The average Bonchev–Trinajstić information content (AvgIpc) is 2.62. The van der Waals surface area contributed by atoms with E-state index in [0.717, 1.165) is 16.8 Å². The van der Waals surface area contributed by atoms with Crippen molar-refractivity contribution in [2.45, 2.75) is 6.92 Å². The van der Waals surface area contributed by atoms with Crippen LogP contribution >= 0.6 is 0 Å². The van der Waals surface area contributed by atoms with Gasteiger partial charge < -0.3 is 15.2 Å². The predicted octanol–water partition coefficient (Wildman–Crippen LogP) is 3.25. The van der Waals surface area contributed by atoms with Gasteiger partial charge in [-0.2, -0.15) is 0 Å². The maximum atomic E-state index is 11.8. The fraction of sp³-hybridized carbons (Fsp3) is 0.105. The fourth-order valence-corrected chi connectivity index (χ4v) is 3.12. The number of anilines is 2. The minimum Gasteiger partial charge on any atom is -0.462 e. The number of nitrogens with one attached hydrogen (secondary N) is 2. The van der Waals surface area contributed by atoms with Gasteiger partial charge in [-0.05, 0) is 42.0 Å². The summed E-state index contributed by atoms with van der Waals surface area (Å²) in [6.07, 6.45) is 0. The first-order valence-electron chi connectivity index (χ1n) is 8.08. The van der Waals surface area contributed by atoms with E-state index in [1.807, 2.05) is 12.1 Å². The quantitative estimate of drug-likeness (QED) is 0.575. The summed E-state index contributed by atoms with van der Waals surface area (Å²) in [6, 6.07) is 20.0. The van der Waals surface area contributed by atoms with E-state index in [4.69, 9.17) is 4.74 Å². The lowest BCUT2D eigenvalue weighted by atomic mass is 9.66. The summed E-state index contributed by atoms with van der Waals surface area (Å²) in [5.74, 6) is -0.288. The van der Waals surface area contributed by atoms with Gasteiger partial charge >= 0.3 is 13.0 Å². The first kappa shape index (κ1) is 14.6. The highest BCUT2D eigenvalue weighted by Crippen LogP contribution is 2.33. The Bertz CT molecular complexity index is 868. The van der Waals surface area contributed by atoms with Crippen LogP contribution in [0.15, 0.2) is 60.7 Å². The molecule has 0 bridgehead atoms. The minimum absolute atomic E-state index is 0.0401. The van der Waals surface area contributed by atoms with Crippen LogP contribution in [0.25, 0.3) is 10.8 Å². The zero-order valence-electron chi connectivity index (χ0n) is 13.4. The van der Waals surface area contributed by atoms with Crippen LogP contribution in [0.5, 0.6) is 0 Å². The van der Waals surface area contributed by atoms with Crippen LogP contribution in [0, 0.1) is 0 Å². The van der Waals surface area contributed by atoms with Crippen LogP contribution in [0.4, 0.5) is 11.4 Å². The summed E-state index contributed by atoms with van der Waals surface area (Å²) < 4.78 is 5.03. The van der Waals surface area contributed by atoms with Gasteiger partial charge in [-0.1, -0.05) is 36.4 Å². The molecule has 3 aromatic rings. The molecule has 0 saturated carbocycles. The van der Waals surface area contributed by atoms with E-state index in [9.17, 15) is 4.79 Å². The summed E-state index contributed by atoms with van der Waals surface area (Å²) in [5.41, 5.74) is 3.86. The largest absolute Gasteiger partial charge is 0.462 e. The molecule has 0 fully saturated rings. The third-order valence-electron chi connectivity index (χ3n) is 4.26.